The molecule has 3 N–H and O–H groups in total. The molecule has 0 fully saturated rings. The standard InChI is InChI=1S/C14H32N2/c1-13(14(2,3)4)12-16-11-9-7-5-6-8-10-15/h13,16H,5-12,15H2,1-4H3. The van der Waals surface area contributed by atoms with E-state index in [4.69, 9.17) is 5.73 Å². The third kappa shape index (κ3) is 9.17. The molecule has 0 aromatic heterocycles. The molecule has 0 rings (SSSR count). The summed E-state index contributed by atoms with van der Waals surface area (Å²) in [6.07, 6.45) is 6.48. The minimum absolute atomic E-state index is 0.425. The molecule has 0 radical (unpaired) electrons. The van der Waals surface area contributed by atoms with Crippen LogP contribution in [0.4, 0.5) is 0 Å². The highest BCUT2D eigenvalue weighted by atomic mass is 14.9. The van der Waals surface area contributed by atoms with Crippen LogP contribution in [-0.2, 0) is 0 Å². The smallest absolute Gasteiger partial charge is 0.00182 e. The van der Waals surface area contributed by atoms with Crippen LogP contribution in [0, 0.1) is 11.3 Å². The monoisotopic (exact) mass is 228 g/mol. The van der Waals surface area contributed by atoms with Crippen LogP contribution in [0.5, 0.6) is 0 Å². The summed E-state index contributed by atoms with van der Waals surface area (Å²) in [5, 5.41) is 3.56. The zero-order valence-corrected chi connectivity index (χ0v) is 11.8. The fourth-order valence-electron chi connectivity index (χ4n) is 1.55. The van der Waals surface area contributed by atoms with E-state index in [0.29, 0.717) is 5.41 Å². The Balaban J connectivity index is 3.21. The molecule has 1 atom stereocenters. The Labute approximate surface area is 102 Å². The lowest BCUT2D eigenvalue weighted by molar-refractivity contribution is 0.253. The molecular formula is C14H32N2. The van der Waals surface area contributed by atoms with E-state index < -0.39 is 0 Å². The van der Waals surface area contributed by atoms with Gasteiger partial charge < -0.3 is 11.1 Å². The van der Waals surface area contributed by atoms with Crippen LogP contribution in [0.3, 0.4) is 0 Å². The van der Waals surface area contributed by atoms with Crippen molar-refractivity contribution in [1.29, 1.82) is 0 Å². The summed E-state index contributed by atoms with van der Waals surface area (Å²) < 4.78 is 0. The Kier molecular flexibility index (Phi) is 8.96. The number of hydrogen-bond donors (Lipinski definition) is 2. The second-order valence-corrected chi connectivity index (χ2v) is 6.03. The Hall–Kier alpha value is -0.0800. The van der Waals surface area contributed by atoms with Gasteiger partial charge in [-0.1, -0.05) is 47.0 Å². The second kappa shape index (κ2) is 9.00. The first kappa shape index (κ1) is 15.9. The molecule has 98 valence electrons. The Morgan fingerprint density at radius 3 is 2.12 bits per heavy atom. The quantitative estimate of drug-likeness (QED) is 0.595. The second-order valence-electron chi connectivity index (χ2n) is 6.03. The normalized spacial score (nSPS) is 14.1. The Morgan fingerprint density at radius 1 is 1.00 bits per heavy atom. The van der Waals surface area contributed by atoms with E-state index >= 15 is 0 Å². The molecule has 2 nitrogen and oxygen atoms in total. The fourth-order valence-corrected chi connectivity index (χ4v) is 1.55. The molecule has 0 heterocycles. The maximum Gasteiger partial charge on any atom is -0.00182 e. The van der Waals surface area contributed by atoms with Crippen LogP contribution < -0.4 is 11.1 Å². The highest BCUT2D eigenvalue weighted by Crippen LogP contribution is 2.24. The van der Waals surface area contributed by atoms with Gasteiger partial charge in [-0.15, -0.1) is 0 Å². The Morgan fingerprint density at radius 2 is 1.56 bits per heavy atom. The fraction of sp³-hybridized carbons (Fsp3) is 1.00. The summed E-state index contributed by atoms with van der Waals surface area (Å²) >= 11 is 0. The van der Waals surface area contributed by atoms with Gasteiger partial charge in [0.25, 0.3) is 0 Å². The van der Waals surface area contributed by atoms with Crippen molar-refractivity contribution in [3.8, 4) is 0 Å². The van der Waals surface area contributed by atoms with Gasteiger partial charge in [-0.3, -0.25) is 0 Å². The number of unbranched alkanes of at least 4 members (excludes halogenated alkanes) is 4. The van der Waals surface area contributed by atoms with Gasteiger partial charge in [0.1, 0.15) is 0 Å². The van der Waals surface area contributed by atoms with Crippen molar-refractivity contribution in [2.24, 2.45) is 17.1 Å². The molecule has 0 aliphatic heterocycles. The number of nitrogens with two attached hydrogens (primary N) is 1. The van der Waals surface area contributed by atoms with Crippen LogP contribution in [0.1, 0.15) is 59.8 Å². The maximum absolute atomic E-state index is 5.45. The zero-order valence-electron chi connectivity index (χ0n) is 11.8. The summed E-state index contributed by atoms with van der Waals surface area (Å²) in [5.74, 6) is 0.741. The van der Waals surface area contributed by atoms with Gasteiger partial charge in [0.15, 0.2) is 0 Å². The molecule has 2 heteroatoms. The number of hydrogen-bond acceptors (Lipinski definition) is 2. The van der Waals surface area contributed by atoms with Crippen molar-refractivity contribution in [2.45, 2.75) is 59.8 Å². The molecule has 0 aliphatic rings. The highest BCUT2D eigenvalue weighted by molar-refractivity contribution is 4.71. The summed E-state index contributed by atoms with van der Waals surface area (Å²) in [7, 11) is 0. The van der Waals surface area contributed by atoms with Crippen molar-refractivity contribution in [2.75, 3.05) is 19.6 Å². The number of rotatable bonds is 9. The van der Waals surface area contributed by atoms with E-state index in [1.807, 2.05) is 0 Å². The van der Waals surface area contributed by atoms with E-state index in [-0.39, 0.29) is 0 Å². The van der Waals surface area contributed by atoms with Crippen molar-refractivity contribution in [1.82, 2.24) is 5.32 Å². The van der Waals surface area contributed by atoms with E-state index in [2.05, 4.69) is 33.0 Å². The van der Waals surface area contributed by atoms with Crippen molar-refractivity contribution in [3.63, 3.8) is 0 Å². The van der Waals surface area contributed by atoms with Crippen LogP contribution in [0.25, 0.3) is 0 Å². The van der Waals surface area contributed by atoms with Gasteiger partial charge >= 0.3 is 0 Å². The lowest BCUT2D eigenvalue weighted by Gasteiger charge is -2.27. The van der Waals surface area contributed by atoms with Crippen LogP contribution in [0.15, 0.2) is 0 Å². The topological polar surface area (TPSA) is 38.0 Å². The van der Waals surface area contributed by atoms with Gasteiger partial charge in [0, 0.05) is 0 Å². The van der Waals surface area contributed by atoms with E-state index in [0.717, 1.165) is 19.0 Å². The van der Waals surface area contributed by atoms with Crippen molar-refractivity contribution >= 4 is 0 Å². The predicted octanol–water partition coefficient (Wildman–Crippen LogP) is 3.17. The van der Waals surface area contributed by atoms with E-state index in [1.54, 1.807) is 0 Å². The molecule has 0 aliphatic carbocycles. The SMILES string of the molecule is CC(CNCCCCCCCN)C(C)(C)C. The van der Waals surface area contributed by atoms with Crippen molar-refractivity contribution < 1.29 is 0 Å². The van der Waals surface area contributed by atoms with Gasteiger partial charge in [-0.25, -0.2) is 0 Å². The molecule has 0 amide bonds. The summed E-state index contributed by atoms with van der Waals surface area (Å²) in [5.41, 5.74) is 5.88. The lowest BCUT2D eigenvalue weighted by Crippen LogP contribution is -2.30. The van der Waals surface area contributed by atoms with Crippen molar-refractivity contribution in [3.05, 3.63) is 0 Å². The molecular weight excluding hydrogens is 196 g/mol. The van der Waals surface area contributed by atoms with Gasteiger partial charge in [-0.05, 0) is 43.8 Å². The molecule has 1 unspecified atom stereocenters. The zero-order chi connectivity index (χ0) is 12.4. The molecule has 0 aromatic carbocycles. The molecule has 0 saturated heterocycles. The molecule has 0 spiro atoms. The highest BCUT2D eigenvalue weighted by Gasteiger charge is 2.18. The first-order valence-electron chi connectivity index (χ1n) is 6.89. The lowest BCUT2D eigenvalue weighted by atomic mass is 9.82. The van der Waals surface area contributed by atoms with Crippen LogP contribution in [-0.4, -0.2) is 19.6 Å². The third-order valence-corrected chi connectivity index (χ3v) is 3.49. The van der Waals surface area contributed by atoms with Gasteiger partial charge in [-0.2, -0.15) is 0 Å². The average molecular weight is 228 g/mol. The van der Waals surface area contributed by atoms with Gasteiger partial charge in [0.05, 0.1) is 0 Å². The molecule has 16 heavy (non-hydrogen) atoms. The largest absolute Gasteiger partial charge is 0.330 e. The summed E-state index contributed by atoms with van der Waals surface area (Å²) in [6.45, 7) is 12.4. The predicted molar refractivity (Wildman–Crippen MR) is 73.6 cm³/mol. The first-order valence-corrected chi connectivity index (χ1v) is 6.89. The molecule has 0 bridgehead atoms. The minimum Gasteiger partial charge on any atom is -0.330 e. The van der Waals surface area contributed by atoms with Crippen LogP contribution in [0.2, 0.25) is 0 Å². The average Bonchev–Trinajstić information content (AvgIpc) is 2.20. The summed E-state index contributed by atoms with van der Waals surface area (Å²) in [4.78, 5) is 0. The summed E-state index contributed by atoms with van der Waals surface area (Å²) in [6, 6.07) is 0. The first-order chi connectivity index (χ1) is 7.48. The molecule has 0 saturated carbocycles. The van der Waals surface area contributed by atoms with Gasteiger partial charge in [0.2, 0.25) is 0 Å². The Bertz CT molecular complexity index is 149. The minimum atomic E-state index is 0.425. The van der Waals surface area contributed by atoms with E-state index in [9.17, 15) is 0 Å². The maximum atomic E-state index is 5.45. The van der Waals surface area contributed by atoms with E-state index in [1.165, 1.54) is 38.6 Å². The third-order valence-electron chi connectivity index (χ3n) is 3.49. The molecule has 0 aromatic rings. The van der Waals surface area contributed by atoms with Crippen LogP contribution >= 0.6 is 0 Å². The number of nitrogens with one attached hydrogen (secondary N) is 1.